The monoisotopic (exact) mass is 479 g/mol. The number of amides is 1. The molecule has 0 saturated carbocycles. The van der Waals surface area contributed by atoms with E-state index in [1.165, 1.54) is 0 Å². The highest BCUT2D eigenvalue weighted by Gasteiger charge is 2.35. The number of alkyl halides is 4. The van der Waals surface area contributed by atoms with Crippen LogP contribution < -0.4 is 15.1 Å². The predicted octanol–water partition coefficient (Wildman–Crippen LogP) is 5.06. The first-order valence-electron chi connectivity index (χ1n) is 11.5. The molecule has 2 saturated heterocycles. The molecule has 0 spiro atoms. The summed E-state index contributed by atoms with van der Waals surface area (Å²) in [5.41, 5.74) is 2.70. The Hall–Kier alpha value is -2.91. The number of anilines is 3. The number of carbonyl (C=O) groups excluding carboxylic acids is 1. The van der Waals surface area contributed by atoms with E-state index in [9.17, 15) is 22.4 Å². The zero-order chi connectivity index (χ0) is 24.5. The lowest BCUT2D eigenvalue weighted by molar-refractivity contribution is -0.0222. The molecule has 3 heterocycles. The molecule has 1 aromatic heterocycles. The maximum Gasteiger partial charge on any atom is 0.258 e. The smallest absolute Gasteiger partial charge is 0.258 e. The van der Waals surface area contributed by atoms with Crippen molar-refractivity contribution >= 4 is 23.4 Å². The summed E-state index contributed by atoms with van der Waals surface area (Å²) >= 11 is 0. The summed E-state index contributed by atoms with van der Waals surface area (Å²) < 4.78 is 53.2. The van der Waals surface area contributed by atoms with Crippen molar-refractivity contribution in [3.8, 4) is 0 Å². The molecule has 2 aliphatic rings. The number of nitrogens with zero attached hydrogens (tertiary/aromatic N) is 4. The molecule has 2 aliphatic heterocycles. The maximum atomic E-state index is 13.5. The number of aromatic nitrogens is 2. The van der Waals surface area contributed by atoms with E-state index in [1.807, 2.05) is 24.0 Å². The lowest BCUT2D eigenvalue weighted by atomic mass is 9.96. The first-order valence-corrected chi connectivity index (χ1v) is 11.5. The average molecular weight is 480 g/mol. The van der Waals surface area contributed by atoms with E-state index in [0.29, 0.717) is 48.8 Å². The molecule has 6 nitrogen and oxygen atoms in total. The fourth-order valence-corrected chi connectivity index (χ4v) is 4.46. The molecule has 1 N–H and O–H groups in total. The Bertz CT molecular complexity index is 1030. The summed E-state index contributed by atoms with van der Waals surface area (Å²) in [7, 11) is 0. The van der Waals surface area contributed by atoms with Gasteiger partial charge >= 0.3 is 0 Å². The minimum absolute atomic E-state index is 0.139. The van der Waals surface area contributed by atoms with Crippen LogP contribution in [0, 0.1) is 19.8 Å². The molecular formula is C24H29F4N5O. The highest BCUT2D eigenvalue weighted by Crippen LogP contribution is 2.32. The van der Waals surface area contributed by atoms with Crippen LogP contribution in [0.4, 0.5) is 35.0 Å². The van der Waals surface area contributed by atoms with Gasteiger partial charge in [0.25, 0.3) is 11.8 Å². The number of nitrogens with one attached hydrogen (secondary N) is 1. The molecule has 1 aromatic carbocycles. The van der Waals surface area contributed by atoms with Crippen molar-refractivity contribution < 1.29 is 22.4 Å². The summed E-state index contributed by atoms with van der Waals surface area (Å²) in [6, 6.07) is 7.07. The lowest BCUT2D eigenvalue weighted by Crippen LogP contribution is -2.40. The van der Waals surface area contributed by atoms with E-state index in [4.69, 9.17) is 0 Å². The number of hydrogen-bond donors (Lipinski definition) is 1. The van der Waals surface area contributed by atoms with E-state index in [1.54, 1.807) is 24.0 Å². The van der Waals surface area contributed by atoms with Gasteiger partial charge in [-0.3, -0.25) is 4.79 Å². The van der Waals surface area contributed by atoms with Crippen molar-refractivity contribution in [3.05, 3.63) is 41.1 Å². The molecule has 1 amide bonds. The number of piperidine rings is 2. The Morgan fingerprint density at radius 3 is 2.35 bits per heavy atom. The molecule has 0 bridgehead atoms. The third-order valence-corrected chi connectivity index (χ3v) is 6.50. The van der Waals surface area contributed by atoms with Gasteiger partial charge in [0.1, 0.15) is 5.82 Å². The Kier molecular flexibility index (Phi) is 6.95. The van der Waals surface area contributed by atoms with Gasteiger partial charge in [0, 0.05) is 62.4 Å². The second-order valence-electron chi connectivity index (χ2n) is 9.17. The van der Waals surface area contributed by atoms with Crippen molar-refractivity contribution in [2.45, 2.75) is 51.9 Å². The lowest BCUT2D eigenvalue weighted by Gasteiger charge is -2.34. The van der Waals surface area contributed by atoms with Gasteiger partial charge < -0.3 is 15.1 Å². The van der Waals surface area contributed by atoms with Crippen LogP contribution in [0.2, 0.25) is 0 Å². The van der Waals surface area contributed by atoms with E-state index in [2.05, 4.69) is 15.3 Å². The summed E-state index contributed by atoms with van der Waals surface area (Å²) in [6.45, 7) is 4.86. The number of hydrogen-bond acceptors (Lipinski definition) is 5. The highest BCUT2D eigenvalue weighted by atomic mass is 19.3. The molecule has 4 rings (SSSR count). The van der Waals surface area contributed by atoms with Gasteiger partial charge in [0.15, 0.2) is 0 Å². The number of benzene rings is 1. The zero-order valence-electron chi connectivity index (χ0n) is 19.3. The second kappa shape index (κ2) is 9.76. The maximum absolute atomic E-state index is 13.5. The van der Waals surface area contributed by atoms with Gasteiger partial charge in [-0.2, -0.15) is 4.98 Å². The van der Waals surface area contributed by atoms with Crippen LogP contribution in [0.15, 0.2) is 24.3 Å². The Balaban J connectivity index is 1.52. The van der Waals surface area contributed by atoms with Gasteiger partial charge in [-0.1, -0.05) is 6.07 Å². The van der Waals surface area contributed by atoms with E-state index in [0.717, 1.165) is 5.56 Å². The Morgan fingerprint density at radius 2 is 1.71 bits per heavy atom. The Morgan fingerprint density at radius 1 is 1.03 bits per heavy atom. The van der Waals surface area contributed by atoms with Crippen LogP contribution in [0.1, 0.15) is 47.3 Å². The topological polar surface area (TPSA) is 61.4 Å². The van der Waals surface area contributed by atoms with Crippen molar-refractivity contribution in [2.75, 3.05) is 41.3 Å². The SMILES string of the molecule is Cc1ccc(C(=O)Nc2cc(C)nc(N3CCC(F)(F)CC3)n2)c(N2CCC(C(F)F)CC2)c1. The fraction of sp³-hybridized carbons (Fsp3) is 0.542. The van der Waals surface area contributed by atoms with Crippen molar-refractivity contribution in [2.24, 2.45) is 5.92 Å². The minimum Gasteiger partial charge on any atom is -0.371 e. The van der Waals surface area contributed by atoms with Crippen molar-refractivity contribution in [3.63, 3.8) is 0 Å². The predicted molar refractivity (Wildman–Crippen MR) is 123 cm³/mol. The van der Waals surface area contributed by atoms with Crippen molar-refractivity contribution in [1.82, 2.24) is 9.97 Å². The summed E-state index contributed by atoms with van der Waals surface area (Å²) in [6.07, 6.45) is -2.11. The Labute approximate surface area is 196 Å². The number of halogens is 4. The largest absolute Gasteiger partial charge is 0.371 e. The van der Waals surface area contributed by atoms with Crippen LogP contribution in [-0.4, -0.2) is 54.4 Å². The number of carbonyl (C=O) groups is 1. The zero-order valence-corrected chi connectivity index (χ0v) is 19.3. The molecular weight excluding hydrogens is 450 g/mol. The first kappa shape index (κ1) is 24.2. The van der Waals surface area contributed by atoms with Gasteiger partial charge in [0.2, 0.25) is 12.4 Å². The number of aryl methyl sites for hydroxylation is 2. The van der Waals surface area contributed by atoms with E-state index in [-0.39, 0.29) is 37.7 Å². The molecule has 184 valence electrons. The van der Waals surface area contributed by atoms with Crippen LogP contribution in [-0.2, 0) is 0 Å². The van der Waals surface area contributed by atoms with Crippen LogP contribution >= 0.6 is 0 Å². The molecule has 0 radical (unpaired) electrons. The molecule has 0 atom stereocenters. The standard InChI is InChI=1S/C24H29F4N5O/c1-15-3-4-18(19(13-15)32-9-5-17(6-10-32)21(25)26)22(34)30-20-14-16(2)29-23(31-20)33-11-7-24(27,28)8-12-33/h3-4,13-14,17,21H,5-12H2,1-2H3,(H,29,30,31,34). The normalized spacial score (nSPS) is 18.9. The second-order valence-corrected chi connectivity index (χ2v) is 9.17. The summed E-state index contributed by atoms with van der Waals surface area (Å²) in [5.74, 6) is -3.07. The van der Waals surface area contributed by atoms with Crippen LogP contribution in [0.25, 0.3) is 0 Å². The van der Waals surface area contributed by atoms with Gasteiger partial charge in [-0.05, 0) is 44.4 Å². The van der Waals surface area contributed by atoms with Crippen LogP contribution in [0.5, 0.6) is 0 Å². The molecule has 2 fully saturated rings. The van der Waals surface area contributed by atoms with Crippen molar-refractivity contribution in [1.29, 1.82) is 0 Å². The summed E-state index contributed by atoms with van der Waals surface area (Å²) in [5, 5.41) is 2.81. The van der Waals surface area contributed by atoms with Gasteiger partial charge in [-0.25, -0.2) is 22.5 Å². The molecule has 10 heteroatoms. The summed E-state index contributed by atoms with van der Waals surface area (Å²) in [4.78, 5) is 25.6. The molecule has 2 aromatic rings. The minimum atomic E-state index is -2.68. The molecule has 0 aliphatic carbocycles. The first-order chi connectivity index (χ1) is 16.1. The average Bonchev–Trinajstić information content (AvgIpc) is 2.78. The third-order valence-electron chi connectivity index (χ3n) is 6.50. The molecule has 34 heavy (non-hydrogen) atoms. The molecule has 0 unspecified atom stereocenters. The van der Waals surface area contributed by atoms with E-state index >= 15 is 0 Å². The van der Waals surface area contributed by atoms with Crippen LogP contribution in [0.3, 0.4) is 0 Å². The number of rotatable bonds is 5. The third kappa shape index (κ3) is 5.59. The van der Waals surface area contributed by atoms with Gasteiger partial charge in [0.05, 0.1) is 5.56 Å². The quantitative estimate of drug-likeness (QED) is 0.608. The van der Waals surface area contributed by atoms with Gasteiger partial charge in [-0.15, -0.1) is 0 Å². The fourth-order valence-electron chi connectivity index (χ4n) is 4.46. The van der Waals surface area contributed by atoms with E-state index < -0.39 is 18.3 Å². The highest BCUT2D eigenvalue weighted by molar-refractivity contribution is 6.08.